The molecule has 1 aromatic rings. The van der Waals surface area contributed by atoms with Crippen molar-refractivity contribution in [1.82, 2.24) is 10.2 Å². The molecule has 1 aliphatic heterocycles. The van der Waals surface area contributed by atoms with Gasteiger partial charge in [0.2, 0.25) is 0 Å². The minimum absolute atomic E-state index is 0.140. The van der Waals surface area contributed by atoms with Crippen LogP contribution in [-0.2, 0) is 6.54 Å². The number of hydrogen-bond acceptors (Lipinski definition) is 2. The molecule has 0 saturated carbocycles. The van der Waals surface area contributed by atoms with Crippen LogP contribution in [0.2, 0.25) is 0 Å². The number of nitrogens with zero attached hydrogens (tertiary/aromatic N) is 1. The molecule has 1 aromatic carbocycles. The van der Waals surface area contributed by atoms with Gasteiger partial charge in [0.05, 0.1) is 0 Å². The number of halogens is 1. The van der Waals surface area contributed by atoms with Gasteiger partial charge < -0.3 is 5.32 Å². The van der Waals surface area contributed by atoms with Gasteiger partial charge in [-0.25, -0.2) is 4.39 Å². The average molecular weight is 264 g/mol. The fourth-order valence-electron chi connectivity index (χ4n) is 2.82. The molecule has 106 valence electrons. The smallest absolute Gasteiger partial charge is 0.123 e. The molecule has 0 amide bonds. The third kappa shape index (κ3) is 3.54. The Labute approximate surface area is 116 Å². The van der Waals surface area contributed by atoms with Crippen LogP contribution in [0.4, 0.5) is 4.39 Å². The highest BCUT2D eigenvalue weighted by Crippen LogP contribution is 2.22. The molecule has 0 aromatic heterocycles. The van der Waals surface area contributed by atoms with Gasteiger partial charge in [-0.15, -0.1) is 0 Å². The maximum atomic E-state index is 13.3. The lowest BCUT2D eigenvalue weighted by atomic mass is 9.92. The van der Waals surface area contributed by atoms with Crippen molar-refractivity contribution in [2.75, 3.05) is 13.1 Å². The van der Waals surface area contributed by atoms with Crippen molar-refractivity contribution in [1.29, 1.82) is 0 Å². The monoisotopic (exact) mass is 264 g/mol. The SMILES string of the molecule is CCC1CNC(C)(CC)CN1Cc1cccc(F)c1. The molecule has 1 heterocycles. The summed E-state index contributed by atoms with van der Waals surface area (Å²) >= 11 is 0. The van der Waals surface area contributed by atoms with E-state index in [1.165, 1.54) is 6.07 Å². The Balaban J connectivity index is 2.10. The maximum Gasteiger partial charge on any atom is 0.123 e. The molecule has 2 nitrogen and oxygen atoms in total. The van der Waals surface area contributed by atoms with E-state index in [-0.39, 0.29) is 11.4 Å². The standard InChI is InChI=1S/C16H25FN2/c1-4-15-10-18-16(3,5-2)12-19(15)11-13-7-6-8-14(17)9-13/h6-9,15,18H,4-5,10-12H2,1-3H3. The Kier molecular flexibility index (Phi) is 4.58. The zero-order valence-corrected chi connectivity index (χ0v) is 12.2. The summed E-state index contributed by atoms with van der Waals surface area (Å²) in [4.78, 5) is 2.49. The summed E-state index contributed by atoms with van der Waals surface area (Å²) in [6.07, 6.45) is 2.24. The molecule has 3 heteroatoms. The first-order chi connectivity index (χ1) is 9.06. The second-order valence-electron chi connectivity index (χ2n) is 5.89. The highest BCUT2D eigenvalue weighted by Gasteiger charge is 2.33. The van der Waals surface area contributed by atoms with E-state index in [9.17, 15) is 4.39 Å². The molecule has 1 aliphatic rings. The van der Waals surface area contributed by atoms with Crippen molar-refractivity contribution in [3.63, 3.8) is 0 Å². The molecule has 1 N–H and O–H groups in total. The van der Waals surface area contributed by atoms with E-state index in [4.69, 9.17) is 0 Å². The van der Waals surface area contributed by atoms with Crippen LogP contribution < -0.4 is 5.32 Å². The second-order valence-corrected chi connectivity index (χ2v) is 5.89. The molecule has 0 radical (unpaired) electrons. The van der Waals surface area contributed by atoms with Crippen molar-refractivity contribution in [3.8, 4) is 0 Å². The van der Waals surface area contributed by atoms with Crippen molar-refractivity contribution in [2.24, 2.45) is 0 Å². The highest BCUT2D eigenvalue weighted by molar-refractivity contribution is 5.16. The minimum Gasteiger partial charge on any atom is -0.309 e. The van der Waals surface area contributed by atoms with E-state index in [0.717, 1.165) is 38.0 Å². The fraction of sp³-hybridized carbons (Fsp3) is 0.625. The largest absolute Gasteiger partial charge is 0.309 e. The van der Waals surface area contributed by atoms with Crippen LogP contribution in [0, 0.1) is 5.82 Å². The summed E-state index contributed by atoms with van der Waals surface area (Å²) in [5.41, 5.74) is 1.25. The van der Waals surface area contributed by atoms with Gasteiger partial charge in [-0.2, -0.15) is 0 Å². The van der Waals surface area contributed by atoms with E-state index in [1.807, 2.05) is 6.07 Å². The Hall–Kier alpha value is -0.930. The van der Waals surface area contributed by atoms with Crippen molar-refractivity contribution < 1.29 is 4.39 Å². The number of piperazine rings is 1. The predicted octanol–water partition coefficient (Wildman–Crippen LogP) is 3.18. The molecule has 19 heavy (non-hydrogen) atoms. The lowest BCUT2D eigenvalue weighted by Crippen LogP contribution is -2.62. The number of rotatable bonds is 4. The number of nitrogens with one attached hydrogen (secondary N) is 1. The maximum absolute atomic E-state index is 13.3. The van der Waals surface area contributed by atoms with Crippen LogP contribution in [0.5, 0.6) is 0 Å². The first-order valence-corrected chi connectivity index (χ1v) is 7.30. The van der Waals surface area contributed by atoms with Crippen molar-refractivity contribution in [3.05, 3.63) is 35.6 Å². The molecule has 2 atom stereocenters. The quantitative estimate of drug-likeness (QED) is 0.898. The number of benzene rings is 1. The molecule has 1 saturated heterocycles. The molecular weight excluding hydrogens is 239 g/mol. The Morgan fingerprint density at radius 1 is 1.42 bits per heavy atom. The third-order valence-electron chi connectivity index (χ3n) is 4.36. The molecule has 0 bridgehead atoms. The van der Waals surface area contributed by atoms with Gasteiger partial charge in [0.15, 0.2) is 0 Å². The van der Waals surface area contributed by atoms with Gasteiger partial charge >= 0.3 is 0 Å². The van der Waals surface area contributed by atoms with Crippen LogP contribution in [0.1, 0.15) is 39.2 Å². The molecule has 2 rings (SSSR count). The van der Waals surface area contributed by atoms with E-state index in [1.54, 1.807) is 12.1 Å². The minimum atomic E-state index is -0.140. The second kappa shape index (κ2) is 6.02. The molecule has 0 aliphatic carbocycles. The van der Waals surface area contributed by atoms with Gasteiger partial charge in [0.25, 0.3) is 0 Å². The molecular formula is C16H25FN2. The van der Waals surface area contributed by atoms with E-state index in [0.29, 0.717) is 6.04 Å². The lowest BCUT2D eigenvalue weighted by molar-refractivity contribution is 0.0754. The summed E-state index contributed by atoms with van der Waals surface area (Å²) in [7, 11) is 0. The first-order valence-electron chi connectivity index (χ1n) is 7.30. The predicted molar refractivity (Wildman–Crippen MR) is 77.6 cm³/mol. The van der Waals surface area contributed by atoms with Crippen LogP contribution in [0.3, 0.4) is 0 Å². The van der Waals surface area contributed by atoms with E-state index >= 15 is 0 Å². The molecule has 2 unspecified atom stereocenters. The summed E-state index contributed by atoms with van der Waals surface area (Å²) in [5, 5.41) is 3.66. The summed E-state index contributed by atoms with van der Waals surface area (Å²) < 4.78 is 13.3. The topological polar surface area (TPSA) is 15.3 Å². The third-order valence-corrected chi connectivity index (χ3v) is 4.36. The summed E-state index contributed by atoms with van der Waals surface area (Å²) in [5.74, 6) is -0.140. The zero-order valence-electron chi connectivity index (χ0n) is 12.2. The van der Waals surface area contributed by atoms with Gasteiger partial charge in [-0.05, 0) is 37.5 Å². The highest BCUT2D eigenvalue weighted by atomic mass is 19.1. The van der Waals surface area contributed by atoms with Crippen LogP contribution in [0.15, 0.2) is 24.3 Å². The molecule has 0 spiro atoms. The van der Waals surface area contributed by atoms with Crippen LogP contribution in [-0.4, -0.2) is 29.6 Å². The molecule has 1 fully saturated rings. The van der Waals surface area contributed by atoms with Gasteiger partial charge in [-0.3, -0.25) is 4.90 Å². The van der Waals surface area contributed by atoms with Crippen LogP contribution in [0.25, 0.3) is 0 Å². The van der Waals surface area contributed by atoms with Crippen molar-refractivity contribution >= 4 is 0 Å². The van der Waals surface area contributed by atoms with E-state index in [2.05, 4.69) is 31.0 Å². The Morgan fingerprint density at radius 2 is 2.21 bits per heavy atom. The number of hydrogen-bond donors (Lipinski definition) is 1. The average Bonchev–Trinajstić information content (AvgIpc) is 2.39. The van der Waals surface area contributed by atoms with E-state index < -0.39 is 0 Å². The lowest BCUT2D eigenvalue weighted by Gasteiger charge is -2.46. The zero-order chi connectivity index (χ0) is 13.9. The van der Waals surface area contributed by atoms with Crippen molar-refractivity contribution in [2.45, 2.75) is 51.7 Å². The van der Waals surface area contributed by atoms with Crippen LogP contribution >= 0.6 is 0 Å². The normalized spacial score (nSPS) is 28.5. The fourth-order valence-corrected chi connectivity index (χ4v) is 2.82. The first kappa shape index (κ1) is 14.5. The summed E-state index contributed by atoms with van der Waals surface area (Å²) in [6.45, 7) is 9.61. The Bertz CT molecular complexity index is 421. The van der Waals surface area contributed by atoms with Gasteiger partial charge in [-0.1, -0.05) is 26.0 Å². The summed E-state index contributed by atoms with van der Waals surface area (Å²) in [6, 6.07) is 7.52. The van der Waals surface area contributed by atoms with Gasteiger partial charge in [0.1, 0.15) is 5.82 Å². The Morgan fingerprint density at radius 3 is 2.84 bits per heavy atom. The van der Waals surface area contributed by atoms with Gasteiger partial charge in [0, 0.05) is 31.2 Å².